The van der Waals surface area contributed by atoms with Gasteiger partial charge in [-0.1, -0.05) is 0 Å². The highest BCUT2D eigenvalue weighted by atomic mass is 79.9. The first-order valence-electron chi connectivity index (χ1n) is 4.77. The van der Waals surface area contributed by atoms with Gasteiger partial charge in [0.25, 0.3) is 0 Å². The molecule has 5 nitrogen and oxygen atoms in total. The quantitative estimate of drug-likeness (QED) is 0.792. The highest BCUT2D eigenvalue weighted by Gasteiger charge is 2.14. The Bertz CT molecular complexity index is 536. The minimum absolute atomic E-state index is 0.154. The van der Waals surface area contributed by atoms with E-state index >= 15 is 0 Å². The highest BCUT2D eigenvalue weighted by Crippen LogP contribution is 2.13. The van der Waals surface area contributed by atoms with Crippen LogP contribution in [0.2, 0.25) is 0 Å². The van der Waals surface area contributed by atoms with Crippen LogP contribution in [0, 0.1) is 0 Å². The minimum atomic E-state index is -0.425. The molecule has 0 aliphatic carbocycles. The van der Waals surface area contributed by atoms with Gasteiger partial charge < -0.3 is 4.74 Å². The van der Waals surface area contributed by atoms with Crippen LogP contribution in [-0.2, 0) is 4.74 Å². The van der Waals surface area contributed by atoms with Gasteiger partial charge in [-0.3, -0.25) is 9.38 Å². The molecule has 0 saturated heterocycles. The standard InChI is InChI=1S/C10H10BrN3O2/c1-6(2)16-10(15)7-5-14-8(11)3-12-4-9(14)13-7/h3-6H,1-2H3. The van der Waals surface area contributed by atoms with Crippen LogP contribution in [0.5, 0.6) is 0 Å². The zero-order chi connectivity index (χ0) is 11.7. The van der Waals surface area contributed by atoms with E-state index in [4.69, 9.17) is 4.74 Å². The Labute approximate surface area is 101 Å². The van der Waals surface area contributed by atoms with Gasteiger partial charge in [-0.05, 0) is 29.8 Å². The van der Waals surface area contributed by atoms with Gasteiger partial charge in [-0.2, -0.15) is 0 Å². The topological polar surface area (TPSA) is 56.5 Å². The van der Waals surface area contributed by atoms with E-state index in [1.54, 1.807) is 36.8 Å². The van der Waals surface area contributed by atoms with Gasteiger partial charge in [-0.25, -0.2) is 9.78 Å². The summed E-state index contributed by atoms with van der Waals surface area (Å²) in [7, 11) is 0. The van der Waals surface area contributed by atoms with Crippen LogP contribution in [0.15, 0.2) is 23.2 Å². The Balaban J connectivity index is 2.40. The summed E-state index contributed by atoms with van der Waals surface area (Å²) in [6.07, 6.45) is 4.67. The van der Waals surface area contributed by atoms with Gasteiger partial charge in [0.15, 0.2) is 11.3 Å². The van der Waals surface area contributed by atoms with E-state index in [1.807, 2.05) is 0 Å². The van der Waals surface area contributed by atoms with Crippen LogP contribution in [0.25, 0.3) is 5.65 Å². The molecule has 0 aromatic carbocycles. The number of esters is 1. The van der Waals surface area contributed by atoms with Crippen molar-refractivity contribution in [2.45, 2.75) is 20.0 Å². The van der Waals surface area contributed by atoms with Crippen LogP contribution in [0.1, 0.15) is 24.3 Å². The molecule has 0 bridgehead atoms. The summed E-state index contributed by atoms with van der Waals surface area (Å²) in [5, 5.41) is 0. The summed E-state index contributed by atoms with van der Waals surface area (Å²) in [4.78, 5) is 19.7. The van der Waals surface area contributed by atoms with Gasteiger partial charge in [0.05, 0.1) is 18.5 Å². The summed E-state index contributed by atoms with van der Waals surface area (Å²) < 4.78 is 7.52. The fourth-order valence-corrected chi connectivity index (χ4v) is 1.66. The number of hydrogen-bond acceptors (Lipinski definition) is 4. The Kier molecular flexibility index (Phi) is 2.91. The third-order valence-corrected chi connectivity index (χ3v) is 2.47. The lowest BCUT2D eigenvalue weighted by molar-refractivity contribution is 0.0371. The van der Waals surface area contributed by atoms with E-state index in [0.717, 1.165) is 4.60 Å². The average molecular weight is 284 g/mol. The zero-order valence-electron chi connectivity index (χ0n) is 8.85. The molecule has 0 atom stereocenters. The SMILES string of the molecule is CC(C)OC(=O)c1cn2c(Br)cncc2n1. The number of rotatable bonds is 2. The zero-order valence-corrected chi connectivity index (χ0v) is 10.4. The smallest absolute Gasteiger partial charge is 0.358 e. The number of nitrogens with zero attached hydrogens (tertiary/aromatic N) is 3. The number of halogens is 1. The molecule has 2 heterocycles. The molecule has 0 spiro atoms. The molecule has 0 unspecified atom stereocenters. The van der Waals surface area contributed by atoms with Crippen LogP contribution in [-0.4, -0.2) is 26.4 Å². The van der Waals surface area contributed by atoms with E-state index in [9.17, 15) is 4.79 Å². The molecule has 84 valence electrons. The second kappa shape index (κ2) is 4.21. The monoisotopic (exact) mass is 283 g/mol. The first-order chi connectivity index (χ1) is 7.58. The number of carbonyl (C=O) groups is 1. The molecule has 0 saturated carbocycles. The molecule has 0 amide bonds. The van der Waals surface area contributed by atoms with Crippen molar-refractivity contribution in [3.63, 3.8) is 0 Å². The molecule has 0 radical (unpaired) electrons. The number of fused-ring (bicyclic) bond motifs is 1. The van der Waals surface area contributed by atoms with Crippen LogP contribution in [0.3, 0.4) is 0 Å². The van der Waals surface area contributed by atoms with Crippen molar-refractivity contribution < 1.29 is 9.53 Å². The lowest BCUT2D eigenvalue weighted by Crippen LogP contribution is -2.11. The predicted molar refractivity (Wildman–Crippen MR) is 61.2 cm³/mol. The first kappa shape index (κ1) is 11.1. The Morgan fingerprint density at radius 2 is 2.25 bits per heavy atom. The van der Waals surface area contributed by atoms with Crippen LogP contribution in [0.4, 0.5) is 0 Å². The third-order valence-electron chi connectivity index (χ3n) is 1.89. The van der Waals surface area contributed by atoms with Gasteiger partial charge in [0.2, 0.25) is 0 Å². The maximum absolute atomic E-state index is 11.6. The summed E-state index contributed by atoms with van der Waals surface area (Å²) in [5.74, 6) is -0.425. The third kappa shape index (κ3) is 2.06. The van der Waals surface area contributed by atoms with Gasteiger partial charge >= 0.3 is 5.97 Å². The molecule has 0 fully saturated rings. The number of ether oxygens (including phenoxy) is 1. The predicted octanol–water partition coefficient (Wildman–Crippen LogP) is 2.06. The van der Waals surface area contributed by atoms with Crippen molar-refractivity contribution in [2.24, 2.45) is 0 Å². The van der Waals surface area contributed by atoms with Crippen molar-refractivity contribution in [3.8, 4) is 0 Å². The summed E-state index contributed by atoms with van der Waals surface area (Å²) in [6.45, 7) is 3.59. The fourth-order valence-electron chi connectivity index (χ4n) is 1.26. The average Bonchev–Trinajstić information content (AvgIpc) is 2.61. The first-order valence-corrected chi connectivity index (χ1v) is 5.57. The van der Waals surface area contributed by atoms with E-state index < -0.39 is 5.97 Å². The van der Waals surface area contributed by atoms with Crippen molar-refractivity contribution >= 4 is 27.5 Å². The fraction of sp³-hybridized carbons (Fsp3) is 0.300. The molecular weight excluding hydrogens is 274 g/mol. The Hall–Kier alpha value is -1.43. The summed E-state index contributed by atoms with van der Waals surface area (Å²) in [6, 6.07) is 0. The second-order valence-corrected chi connectivity index (χ2v) is 4.35. The summed E-state index contributed by atoms with van der Waals surface area (Å²) >= 11 is 3.32. The van der Waals surface area contributed by atoms with E-state index in [1.165, 1.54) is 0 Å². The number of imidazole rings is 1. The number of hydrogen-bond donors (Lipinski definition) is 0. The molecule has 0 N–H and O–H groups in total. The molecule has 0 aliphatic rings. The van der Waals surface area contributed by atoms with E-state index in [-0.39, 0.29) is 11.8 Å². The van der Waals surface area contributed by atoms with Gasteiger partial charge in [0, 0.05) is 6.20 Å². The Morgan fingerprint density at radius 3 is 2.88 bits per heavy atom. The van der Waals surface area contributed by atoms with Crippen LogP contribution < -0.4 is 0 Å². The lowest BCUT2D eigenvalue weighted by Gasteiger charge is -2.04. The lowest BCUT2D eigenvalue weighted by atomic mass is 10.4. The maximum atomic E-state index is 11.6. The van der Waals surface area contributed by atoms with Crippen molar-refractivity contribution in [1.82, 2.24) is 14.4 Å². The maximum Gasteiger partial charge on any atom is 0.358 e. The number of aromatic nitrogens is 3. The van der Waals surface area contributed by atoms with Crippen LogP contribution >= 0.6 is 15.9 Å². The molecule has 6 heteroatoms. The van der Waals surface area contributed by atoms with E-state index in [2.05, 4.69) is 25.9 Å². The minimum Gasteiger partial charge on any atom is -0.458 e. The normalized spacial score (nSPS) is 11.0. The molecule has 0 aliphatic heterocycles. The Morgan fingerprint density at radius 1 is 1.50 bits per heavy atom. The largest absolute Gasteiger partial charge is 0.458 e. The highest BCUT2D eigenvalue weighted by molar-refractivity contribution is 9.10. The van der Waals surface area contributed by atoms with Crippen molar-refractivity contribution in [2.75, 3.05) is 0 Å². The molecule has 2 rings (SSSR count). The van der Waals surface area contributed by atoms with Gasteiger partial charge in [0.1, 0.15) is 4.60 Å². The number of carbonyl (C=O) groups excluding carboxylic acids is 1. The molecular formula is C10H10BrN3O2. The van der Waals surface area contributed by atoms with Crippen molar-refractivity contribution in [1.29, 1.82) is 0 Å². The molecule has 2 aromatic rings. The molecule has 2 aromatic heterocycles. The molecule has 16 heavy (non-hydrogen) atoms. The van der Waals surface area contributed by atoms with Crippen molar-refractivity contribution in [3.05, 3.63) is 28.9 Å². The van der Waals surface area contributed by atoms with E-state index in [0.29, 0.717) is 5.65 Å². The summed E-state index contributed by atoms with van der Waals surface area (Å²) in [5.41, 5.74) is 0.882. The van der Waals surface area contributed by atoms with Gasteiger partial charge in [-0.15, -0.1) is 0 Å². The second-order valence-electron chi connectivity index (χ2n) is 3.54.